The van der Waals surface area contributed by atoms with Crippen LogP contribution in [0, 0.1) is 5.92 Å². The van der Waals surface area contributed by atoms with Crippen molar-refractivity contribution in [3.8, 4) is 0 Å². The summed E-state index contributed by atoms with van der Waals surface area (Å²) >= 11 is 0. The molecule has 2 fully saturated rings. The lowest BCUT2D eigenvalue weighted by molar-refractivity contribution is 0.0485. The first-order valence-electron chi connectivity index (χ1n) is 10.5. The Balaban J connectivity index is 1.68. The smallest absolute Gasteiger partial charge is 0.194 e. The molecule has 1 N–H and O–H groups in total. The summed E-state index contributed by atoms with van der Waals surface area (Å²) in [6.45, 7) is 8.72. The molecule has 6 nitrogen and oxygen atoms in total. The zero-order valence-corrected chi connectivity index (χ0v) is 16.9. The van der Waals surface area contributed by atoms with E-state index in [4.69, 9.17) is 19.2 Å². The molecule has 0 bridgehead atoms. The van der Waals surface area contributed by atoms with Gasteiger partial charge in [-0.05, 0) is 26.2 Å². The monoisotopic (exact) mass is 369 g/mol. The number of guanidine groups is 1. The Morgan fingerprint density at radius 1 is 1.08 bits per heavy atom. The van der Waals surface area contributed by atoms with Gasteiger partial charge in [0, 0.05) is 32.7 Å². The third kappa shape index (κ3) is 8.23. The van der Waals surface area contributed by atoms with Crippen molar-refractivity contribution in [3.05, 3.63) is 0 Å². The first-order chi connectivity index (χ1) is 12.8. The summed E-state index contributed by atoms with van der Waals surface area (Å²) in [5.74, 6) is 1.61. The maximum absolute atomic E-state index is 6.07. The van der Waals surface area contributed by atoms with E-state index in [9.17, 15) is 0 Å². The topological polar surface area (TPSA) is 55.3 Å². The first kappa shape index (κ1) is 21.5. The van der Waals surface area contributed by atoms with Crippen LogP contribution in [0.5, 0.6) is 0 Å². The maximum atomic E-state index is 6.07. The Bertz CT molecular complexity index is 384. The highest BCUT2D eigenvalue weighted by molar-refractivity contribution is 5.80. The number of methoxy groups -OCH3 is 1. The molecule has 26 heavy (non-hydrogen) atoms. The molecule has 1 saturated carbocycles. The minimum atomic E-state index is 0.454. The molecule has 1 unspecified atom stereocenters. The van der Waals surface area contributed by atoms with E-state index in [1.807, 2.05) is 0 Å². The van der Waals surface area contributed by atoms with Crippen molar-refractivity contribution >= 4 is 5.96 Å². The number of rotatable bonds is 10. The number of hydrogen-bond donors (Lipinski definition) is 1. The van der Waals surface area contributed by atoms with E-state index in [0.29, 0.717) is 25.2 Å². The number of likely N-dealkylation sites (tertiary alicyclic amines) is 1. The van der Waals surface area contributed by atoms with Gasteiger partial charge < -0.3 is 24.4 Å². The fourth-order valence-electron chi connectivity index (χ4n) is 3.76. The van der Waals surface area contributed by atoms with Gasteiger partial charge in [0.1, 0.15) is 0 Å². The third-order valence-electron chi connectivity index (χ3n) is 5.21. The maximum Gasteiger partial charge on any atom is 0.194 e. The van der Waals surface area contributed by atoms with E-state index < -0.39 is 0 Å². The Hall–Kier alpha value is -0.850. The molecule has 0 aromatic rings. The van der Waals surface area contributed by atoms with Crippen LogP contribution in [0.2, 0.25) is 0 Å². The van der Waals surface area contributed by atoms with Crippen molar-refractivity contribution in [1.29, 1.82) is 0 Å². The van der Waals surface area contributed by atoms with Crippen LogP contribution in [0.25, 0.3) is 0 Å². The van der Waals surface area contributed by atoms with Gasteiger partial charge in [-0.2, -0.15) is 0 Å². The van der Waals surface area contributed by atoms with Crippen LogP contribution < -0.4 is 5.32 Å². The molecule has 0 aromatic carbocycles. The molecule has 1 aliphatic carbocycles. The van der Waals surface area contributed by atoms with Gasteiger partial charge in [0.05, 0.1) is 39.1 Å². The SMILES string of the molecule is CCNC(=NCCOC1CCCCCC1)N1CCC(COCCOC)C1. The van der Waals surface area contributed by atoms with Gasteiger partial charge in [0.15, 0.2) is 5.96 Å². The van der Waals surface area contributed by atoms with E-state index in [-0.39, 0.29) is 0 Å². The molecule has 1 aliphatic heterocycles. The molecule has 0 aromatic heterocycles. The standard InChI is InChI=1S/C20H39N3O3/c1-3-21-20(22-11-13-26-19-8-6-4-5-7-9-19)23-12-10-18(16-23)17-25-15-14-24-2/h18-19H,3-17H2,1-2H3,(H,21,22). The van der Waals surface area contributed by atoms with Crippen LogP contribution in [0.4, 0.5) is 0 Å². The largest absolute Gasteiger partial charge is 0.382 e. The van der Waals surface area contributed by atoms with Gasteiger partial charge in [-0.25, -0.2) is 0 Å². The van der Waals surface area contributed by atoms with Crippen molar-refractivity contribution in [1.82, 2.24) is 10.2 Å². The number of hydrogen-bond acceptors (Lipinski definition) is 4. The minimum absolute atomic E-state index is 0.454. The van der Waals surface area contributed by atoms with Crippen molar-refractivity contribution in [2.24, 2.45) is 10.9 Å². The zero-order chi connectivity index (χ0) is 18.5. The molecule has 0 radical (unpaired) electrons. The van der Waals surface area contributed by atoms with Gasteiger partial charge in [-0.3, -0.25) is 4.99 Å². The molecule has 6 heteroatoms. The summed E-state index contributed by atoms with van der Waals surface area (Å²) in [5, 5.41) is 3.43. The van der Waals surface area contributed by atoms with Crippen LogP contribution in [-0.4, -0.2) is 76.7 Å². The van der Waals surface area contributed by atoms with Crippen molar-refractivity contribution in [2.45, 2.75) is 58.0 Å². The molecule has 2 rings (SSSR count). The summed E-state index contributed by atoms with van der Waals surface area (Å²) in [5.41, 5.74) is 0. The second-order valence-corrected chi connectivity index (χ2v) is 7.39. The summed E-state index contributed by atoms with van der Waals surface area (Å²) in [6.07, 6.45) is 9.44. The molecule has 152 valence electrons. The van der Waals surface area contributed by atoms with Gasteiger partial charge in [0.2, 0.25) is 0 Å². The number of nitrogens with one attached hydrogen (secondary N) is 1. The van der Waals surface area contributed by atoms with Crippen LogP contribution in [0.1, 0.15) is 51.9 Å². The van der Waals surface area contributed by atoms with Crippen LogP contribution in [-0.2, 0) is 14.2 Å². The van der Waals surface area contributed by atoms with Crippen LogP contribution in [0.15, 0.2) is 4.99 Å². The van der Waals surface area contributed by atoms with Crippen LogP contribution in [0.3, 0.4) is 0 Å². The van der Waals surface area contributed by atoms with E-state index in [1.165, 1.54) is 38.5 Å². The molecule has 0 amide bonds. The predicted molar refractivity (Wildman–Crippen MR) is 106 cm³/mol. The zero-order valence-electron chi connectivity index (χ0n) is 16.9. The Morgan fingerprint density at radius 3 is 2.62 bits per heavy atom. The second kappa shape index (κ2) is 13.3. The highest BCUT2D eigenvalue weighted by Gasteiger charge is 2.25. The predicted octanol–water partition coefficient (Wildman–Crippen LogP) is 2.68. The summed E-state index contributed by atoms with van der Waals surface area (Å²) < 4.78 is 16.8. The molecule has 1 atom stereocenters. The van der Waals surface area contributed by atoms with Gasteiger partial charge in [-0.15, -0.1) is 0 Å². The lowest BCUT2D eigenvalue weighted by atomic mass is 10.1. The minimum Gasteiger partial charge on any atom is -0.382 e. The molecule has 1 heterocycles. The first-order valence-corrected chi connectivity index (χ1v) is 10.5. The number of nitrogens with zero attached hydrogens (tertiary/aromatic N) is 2. The van der Waals surface area contributed by atoms with Gasteiger partial charge >= 0.3 is 0 Å². The summed E-state index contributed by atoms with van der Waals surface area (Å²) in [4.78, 5) is 7.15. The summed E-state index contributed by atoms with van der Waals surface area (Å²) in [7, 11) is 1.71. The fourth-order valence-corrected chi connectivity index (χ4v) is 3.76. The quantitative estimate of drug-likeness (QED) is 0.278. The average molecular weight is 370 g/mol. The second-order valence-electron chi connectivity index (χ2n) is 7.39. The normalized spacial score (nSPS) is 22.6. The highest BCUT2D eigenvalue weighted by Crippen LogP contribution is 2.20. The van der Waals surface area contributed by atoms with Crippen molar-refractivity contribution in [3.63, 3.8) is 0 Å². The highest BCUT2D eigenvalue weighted by atomic mass is 16.5. The van der Waals surface area contributed by atoms with Gasteiger partial charge in [-0.1, -0.05) is 25.7 Å². The van der Waals surface area contributed by atoms with E-state index >= 15 is 0 Å². The summed E-state index contributed by atoms with van der Waals surface area (Å²) in [6, 6.07) is 0. The van der Waals surface area contributed by atoms with Gasteiger partial charge in [0.25, 0.3) is 0 Å². The molecule has 2 aliphatic rings. The molecular weight excluding hydrogens is 330 g/mol. The van der Waals surface area contributed by atoms with E-state index in [1.54, 1.807) is 7.11 Å². The third-order valence-corrected chi connectivity index (χ3v) is 5.21. The molecule has 1 saturated heterocycles. The lowest BCUT2D eigenvalue weighted by Crippen LogP contribution is -2.40. The number of aliphatic imine (C=N–C) groups is 1. The van der Waals surface area contributed by atoms with Crippen molar-refractivity contribution in [2.75, 3.05) is 59.7 Å². The average Bonchev–Trinajstić information content (AvgIpc) is 2.96. The molecule has 0 spiro atoms. The van der Waals surface area contributed by atoms with E-state index in [0.717, 1.165) is 51.8 Å². The van der Waals surface area contributed by atoms with E-state index in [2.05, 4.69) is 17.1 Å². The fraction of sp³-hybridized carbons (Fsp3) is 0.950. The Morgan fingerprint density at radius 2 is 1.88 bits per heavy atom. The molecular formula is C20H39N3O3. The van der Waals surface area contributed by atoms with Crippen molar-refractivity contribution < 1.29 is 14.2 Å². The number of ether oxygens (including phenoxy) is 3. The Labute approximate surface area is 159 Å². The van der Waals surface area contributed by atoms with Crippen LogP contribution >= 0.6 is 0 Å². The lowest BCUT2D eigenvalue weighted by Gasteiger charge is -2.22. The Kier molecular flexibility index (Phi) is 11.0.